The van der Waals surface area contributed by atoms with Crippen molar-refractivity contribution in [1.82, 2.24) is 4.31 Å². The largest absolute Gasteiger partial charge is 0.366 e. The first-order valence-electron chi connectivity index (χ1n) is 9.23. The van der Waals surface area contributed by atoms with E-state index in [4.69, 9.17) is 5.73 Å². The lowest BCUT2D eigenvalue weighted by atomic mass is 9.86. The molecule has 2 amide bonds. The predicted octanol–water partition coefficient (Wildman–Crippen LogP) is 2.79. The number of amides is 2. The van der Waals surface area contributed by atoms with Crippen LogP contribution in [-0.4, -0.2) is 43.5 Å². The third-order valence-corrected chi connectivity index (χ3v) is 8.61. The predicted molar refractivity (Wildman–Crippen MR) is 101 cm³/mol. The smallest absolute Gasteiger partial charge is 0.252 e. The van der Waals surface area contributed by atoms with Gasteiger partial charge in [0.05, 0.1) is 5.56 Å². The van der Waals surface area contributed by atoms with Crippen LogP contribution in [0.1, 0.15) is 55.3 Å². The molecule has 3 rings (SSSR count). The second-order valence-electron chi connectivity index (χ2n) is 7.26. The molecule has 0 aromatic carbocycles. The molecule has 0 atom stereocenters. The molecule has 28 heavy (non-hydrogen) atoms. The van der Waals surface area contributed by atoms with E-state index in [1.54, 1.807) is 0 Å². The maximum absolute atomic E-state index is 13.3. The van der Waals surface area contributed by atoms with E-state index in [1.807, 2.05) is 0 Å². The van der Waals surface area contributed by atoms with Crippen LogP contribution in [0.3, 0.4) is 0 Å². The number of thiophene rings is 1. The molecule has 3 N–H and O–H groups in total. The Balaban J connectivity index is 1.79. The first-order valence-corrected chi connectivity index (χ1v) is 11.5. The van der Waals surface area contributed by atoms with Gasteiger partial charge in [-0.2, -0.15) is 4.31 Å². The number of hydrogen-bond acceptors (Lipinski definition) is 5. The van der Waals surface area contributed by atoms with Gasteiger partial charge in [0, 0.05) is 31.8 Å². The molecule has 0 spiro atoms. The molecular weight excluding hydrogens is 412 g/mol. The molecule has 1 aromatic heterocycles. The monoisotopic (exact) mass is 435 g/mol. The number of nitrogens with two attached hydrogens (primary N) is 1. The summed E-state index contributed by atoms with van der Waals surface area (Å²) in [6.45, 7) is 0.814. The van der Waals surface area contributed by atoms with Gasteiger partial charge in [0.1, 0.15) is 9.21 Å². The first kappa shape index (κ1) is 21.1. The molecule has 11 heteroatoms. The highest BCUT2D eigenvalue weighted by Crippen LogP contribution is 2.38. The Morgan fingerprint density at radius 1 is 1.18 bits per heavy atom. The Morgan fingerprint density at radius 2 is 1.79 bits per heavy atom. The highest BCUT2D eigenvalue weighted by atomic mass is 32.2. The molecule has 1 aromatic rings. The van der Waals surface area contributed by atoms with Crippen molar-refractivity contribution in [1.29, 1.82) is 0 Å². The van der Waals surface area contributed by atoms with Crippen molar-refractivity contribution in [3.63, 3.8) is 0 Å². The number of nitrogens with zero attached hydrogens (tertiary/aromatic N) is 1. The van der Waals surface area contributed by atoms with Gasteiger partial charge in [-0.25, -0.2) is 17.2 Å². The molecule has 1 saturated heterocycles. The molecule has 1 aliphatic carbocycles. The summed E-state index contributed by atoms with van der Waals surface area (Å²) < 4.78 is 53.5. The maximum Gasteiger partial charge on any atom is 0.252 e. The molecule has 156 valence electrons. The number of piperidine rings is 1. The van der Waals surface area contributed by atoms with Gasteiger partial charge >= 0.3 is 0 Å². The number of carbonyl (C=O) groups excluding carboxylic acids is 2. The van der Waals surface area contributed by atoms with Gasteiger partial charge in [0.15, 0.2) is 0 Å². The van der Waals surface area contributed by atoms with E-state index in [1.165, 1.54) is 10.4 Å². The SMILES string of the molecule is NC(=O)c1cc(S(=O)(=O)N2CCCCC2)sc1NC(=O)C1CCC(F)(F)CC1. The summed E-state index contributed by atoms with van der Waals surface area (Å²) in [7, 11) is -3.78. The van der Waals surface area contributed by atoms with Crippen molar-refractivity contribution in [2.45, 2.75) is 55.1 Å². The van der Waals surface area contributed by atoms with Gasteiger partial charge in [-0.1, -0.05) is 6.42 Å². The fourth-order valence-electron chi connectivity index (χ4n) is 3.52. The van der Waals surface area contributed by atoms with Gasteiger partial charge in [-0.3, -0.25) is 9.59 Å². The van der Waals surface area contributed by atoms with Gasteiger partial charge in [-0.05, 0) is 31.7 Å². The van der Waals surface area contributed by atoms with Crippen LogP contribution in [0.15, 0.2) is 10.3 Å². The van der Waals surface area contributed by atoms with Crippen LogP contribution in [0.25, 0.3) is 0 Å². The summed E-state index contributed by atoms with van der Waals surface area (Å²) in [5, 5.41) is 2.58. The zero-order valence-corrected chi connectivity index (χ0v) is 16.9. The fraction of sp³-hybridized carbons (Fsp3) is 0.647. The minimum absolute atomic E-state index is 0.0368. The van der Waals surface area contributed by atoms with E-state index < -0.39 is 33.7 Å². The number of sulfonamides is 1. The van der Waals surface area contributed by atoms with Crippen molar-refractivity contribution >= 4 is 38.2 Å². The summed E-state index contributed by atoms with van der Waals surface area (Å²) in [6.07, 6.45) is 1.83. The lowest BCUT2D eigenvalue weighted by molar-refractivity contribution is -0.123. The third-order valence-electron chi connectivity index (χ3n) is 5.21. The van der Waals surface area contributed by atoms with Crippen LogP contribution in [0, 0.1) is 5.92 Å². The minimum atomic E-state index is -3.78. The minimum Gasteiger partial charge on any atom is -0.366 e. The molecule has 0 unspecified atom stereocenters. The Labute approximate surface area is 166 Å². The van der Waals surface area contributed by atoms with Gasteiger partial charge in [0.25, 0.3) is 15.9 Å². The number of primary amides is 1. The van der Waals surface area contributed by atoms with E-state index in [2.05, 4.69) is 5.32 Å². The lowest BCUT2D eigenvalue weighted by Gasteiger charge is -2.27. The second-order valence-corrected chi connectivity index (χ2v) is 10.5. The maximum atomic E-state index is 13.3. The van der Waals surface area contributed by atoms with Gasteiger partial charge in [0.2, 0.25) is 11.8 Å². The summed E-state index contributed by atoms with van der Waals surface area (Å²) in [5.74, 6) is -4.72. The zero-order valence-electron chi connectivity index (χ0n) is 15.2. The quantitative estimate of drug-likeness (QED) is 0.741. The summed E-state index contributed by atoms with van der Waals surface area (Å²) in [5.41, 5.74) is 5.26. The van der Waals surface area contributed by atoms with Crippen molar-refractivity contribution < 1.29 is 26.8 Å². The number of anilines is 1. The molecule has 1 aliphatic heterocycles. The van der Waals surface area contributed by atoms with Crippen molar-refractivity contribution in [3.05, 3.63) is 11.6 Å². The molecule has 1 saturated carbocycles. The van der Waals surface area contributed by atoms with E-state index in [0.717, 1.165) is 30.6 Å². The van der Waals surface area contributed by atoms with Crippen LogP contribution in [0.5, 0.6) is 0 Å². The Hall–Kier alpha value is -1.59. The molecule has 2 heterocycles. The van der Waals surface area contributed by atoms with E-state index in [-0.39, 0.29) is 40.5 Å². The number of rotatable bonds is 5. The lowest BCUT2D eigenvalue weighted by Crippen LogP contribution is -2.35. The number of hydrogen-bond donors (Lipinski definition) is 2. The third kappa shape index (κ3) is 4.52. The average Bonchev–Trinajstić information content (AvgIpc) is 3.07. The van der Waals surface area contributed by atoms with Crippen molar-refractivity contribution in [2.24, 2.45) is 11.7 Å². The topological polar surface area (TPSA) is 110 Å². The number of carbonyl (C=O) groups is 2. The van der Waals surface area contributed by atoms with Crippen molar-refractivity contribution in [2.75, 3.05) is 18.4 Å². The molecular formula is C17H23F2N3O4S2. The Bertz CT molecular complexity index is 854. The van der Waals surface area contributed by atoms with Crippen molar-refractivity contribution in [3.8, 4) is 0 Å². The second kappa shape index (κ2) is 8.03. The Morgan fingerprint density at radius 3 is 2.36 bits per heavy atom. The first-order chi connectivity index (χ1) is 13.1. The standard InChI is InChI=1S/C17H23F2N3O4S2/c18-17(19)6-4-11(5-7-17)15(24)21-16-12(14(20)23)10-13(27-16)28(25,26)22-8-2-1-3-9-22/h10-11H,1-9H2,(H2,20,23)(H,21,24). The molecule has 2 fully saturated rings. The van der Waals surface area contributed by atoms with E-state index in [0.29, 0.717) is 13.1 Å². The highest BCUT2D eigenvalue weighted by molar-refractivity contribution is 7.91. The Kier molecular flexibility index (Phi) is 6.06. The zero-order chi connectivity index (χ0) is 20.5. The summed E-state index contributed by atoms with van der Waals surface area (Å²) in [6, 6.07) is 1.18. The highest BCUT2D eigenvalue weighted by Gasteiger charge is 2.38. The molecule has 7 nitrogen and oxygen atoms in total. The fourth-order valence-corrected chi connectivity index (χ4v) is 6.57. The molecule has 0 bridgehead atoms. The summed E-state index contributed by atoms with van der Waals surface area (Å²) >= 11 is 0.770. The number of halogens is 2. The van der Waals surface area contributed by atoms with Crippen LogP contribution >= 0.6 is 11.3 Å². The van der Waals surface area contributed by atoms with Gasteiger partial charge in [-0.15, -0.1) is 11.3 Å². The summed E-state index contributed by atoms with van der Waals surface area (Å²) in [4.78, 5) is 24.2. The number of alkyl halides is 2. The molecule has 0 radical (unpaired) electrons. The van der Waals surface area contributed by atoms with Crippen LogP contribution in [-0.2, 0) is 14.8 Å². The van der Waals surface area contributed by atoms with Crippen LogP contribution in [0.2, 0.25) is 0 Å². The normalized spacial score (nSPS) is 21.4. The van der Waals surface area contributed by atoms with E-state index >= 15 is 0 Å². The van der Waals surface area contributed by atoms with Crippen LogP contribution in [0.4, 0.5) is 13.8 Å². The van der Waals surface area contributed by atoms with Gasteiger partial charge < -0.3 is 11.1 Å². The average molecular weight is 436 g/mol. The van der Waals surface area contributed by atoms with E-state index in [9.17, 15) is 26.8 Å². The molecule has 2 aliphatic rings. The van der Waals surface area contributed by atoms with Crippen LogP contribution < -0.4 is 11.1 Å². The number of nitrogens with one attached hydrogen (secondary N) is 1.